The van der Waals surface area contributed by atoms with Crippen molar-refractivity contribution in [2.45, 2.75) is 54.0 Å². The third kappa shape index (κ3) is 12.6. The van der Waals surface area contributed by atoms with Crippen molar-refractivity contribution in [3.63, 3.8) is 0 Å². The molecular formula is C39H47N3Zr-. The van der Waals surface area contributed by atoms with Crippen LogP contribution in [0.2, 0.25) is 0 Å². The first-order chi connectivity index (χ1) is 19.8. The summed E-state index contributed by atoms with van der Waals surface area (Å²) < 4.78 is 1.94. The van der Waals surface area contributed by atoms with Crippen molar-refractivity contribution < 1.29 is 26.2 Å². The van der Waals surface area contributed by atoms with Crippen molar-refractivity contribution in [2.75, 3.05) is 0 Å². The second-order valence-corrected chi connectivity index (χ2v) is 11.1. The van der Waals surface area contributed by atoms with E-state index < -0.39 is 0 Å². The topological polar surface area (TPSA) is 31.9 Å². The van der Waals surface area contributed by atoms with Gasteiger partial charge < -0.3 is 5.32 Å². The first kappa shape index (κ1) is 37.4. The van der Waals surface area contributed by atoms with Gasteiger partial charge in [0.1, 0.15) is 0 Å². The third-order valence-electron chi connectivity index (χ3n) is 6.77. The Hall–Kier alpha value is -3.62. The number of aryl methyl sites for hydroxylation is 4. The van der Waals surface area contributed by atoms with E-state index >= 15 is 0 Å². The van der Waals surface area contributed by atoms with Crippen LogP contribution < -0.4 is 0 Å². The van der Waals surface area contributed by atoms with Gasteiger partial charge in [0.15, 0.2) is 0 Å². The Bertz CT molecular complexity index is 1380. The van der Waals surface area contributed by atoms with Gasteiger partial charge in [-0.25, -0.2) is 0 Å². The molecule has 0 unspecified atom stereocenters. The molecule has 4 aromatic carbocycles. The standard InChI is InChI=1S/C18H26N3.3C7H7.Zr/c1-11-9-12(2)16(13(3)10-11)19-18(6,7)17-14(4)15(5)21(8)20-17;3*1-7-5-3-2-4-6-7;/h9-10H,1-8H3;3*2-6H,1H2;/q4*-1;+3. The molecule has 0 spiro atoms. The molecule has 1 radical (unpaired) electrons. The van der Waals surface area contributed by atoms with E-state index in [0.717, 1.165) is 28.1 Å². The predicted octanol–water partition coefficient (Wildman–Crippen LogP) is 10.5. The zero-order valence-electron chi connectivity index (χ0n) is 27.3. The summed E-state index contributed by atoms with van der Waals surface area (Å²) in [6.45, 7) is 26.1. The monoisotopic (exact) mass is 647 g/mol. The van der Waals surface area contributed by atoms with E-state index in [0.29, 0.717) is 0 Å². The van der Waals surface area contributed by atoms with Crippen molar-refractivity contribution in [2.24, 2.45) is 7.05 Å². The van der Waals surface area contributed by atoms with Crippen molar-refractivity contribution in [3.8, 4) is 0 Å². The largest absolute Gasteiger partial charge is 3.00 e. The van der Waals surface area contributed by atoms with Gasteiger partial charge in [0, 0.05) is 12.7 Å². The smallest absolute Gasteiger partial charge is 0.674 e. The first-order valence-corrected chi connectivity index (χ1v) is 14.2. The molecule has 0 saturated carbocycles. The molecule has 3 nitrogen and oxygen atoms in total. The summed E-state index contributed by atoms with van der Waals surface area (Å²) in [6, 6.07) is 34.0. The second kappa shape index (κ2) is 18.1. The van der Waals surface area contributed by atoms with Crippen LogP contribution in [0, 0.1) is 55.4 Å². The molecule has 0 atom stereocenters. The van der Waals surface area contributed by atoms with E-state index in [4.69, 9.17) is 5.32 Å². The Labute approximate surface area is 280 Å². The molecule has 0 bridgehead atoms. The molecular weight excluding hydrogens is 602 g/mol. The average molecular weight is 649 g/mol. The Morgan fingerprint density at radius 3 is 1.23 bits per heavy atom. The van der Waals surface area contributed by atoms with Crippen molar-refractivity contribution in [3.05, 3.63) is 180 Å². The number of rotatable bonds is 3. The van der Waals surface area contributed by atoms with Gasteiger partial charge in [-0.05, 0) is 40.2 Å². The van der Waals surface area contributed by atoms with E-state index in [9.17, 15) is 0 Å². The maximum atomic E-state index is 5.04. The normalized spacial score (nSPS) is 9.95. The molecule has 0 aliphatic heterocycles. The van der Waals surface area contributed by atoms with Gasteiger partial charge in [0.05, 0.1) is 5.69 Å². The minimum Gasteiger partial charge on any atom is -0.674 e. The van der Waals surface area contributed by atoms with Crippen molar-refractivity contribution in [1.29, 1.82) is 0 Å². The molecule has 0 fully saturated rings. The van der Waals surface area contributed by atoms with Gasteiger partial charge in [0.25, 0.3) is 0 Å². The van der Waals surface area contributed by atoms with Crippen LogP contribution >= 0.6 is 0 Å². The summed E-state index contributed by atoms with van der Waals surface area (Å²) in [5, 5.41) is 9.72. The Morgan fingerprint density at radius 1 is 0.628 bits per heavy atom. The van der Waals surface area contributed by atoms with Crippen LogP contribution in [0.15, 0.2) is 103 Å². The van der Waals surface area contributed by atoms with E-state index in [-0.39, 0.29) is 31.7 Å². The predicted molar refractivity (Wildman–Crippen MR) is 182 cm³/mol. The molecule has 43 heavy (non-hydrogen) atoms. The summed E-state index contributed by atoms with van der Waals surface area (Å²) in [5.74, 6) is 0. The molecule has 0 aliphatic rings. The fraction of sp³-hybridized carbons (Fsp3) is 0.231. The SMILES string of the molecule is Cc1cc(C)c([N-]C(C)(C)c2nn(C)c(C)c2C)c(C)c1.[CH2-]c1ccccc1.[CH2-]c1ccccc1.[CH2-]c1ccccc1.[Zr+3]. The molecule has 1 aromatic heterocycles. The quantitative estimate of drug-likeness (QED) is 0.179. The molecule has 0 amide bonds. The van der Waals surface area contributed by atoms with Gasteiger partial charge in [-0.3, -0.25) is 4.68 Å². The van der Waals surface area contributed by atoms with Crippen LogP contribution in [0.4, 0.5) is 5.69 Å². The molecule has 5 aromatic rings. The molecule has 0 aliphatic carbocycles. The van der Waals surface area contributed by atoms with Crippen LogP contribution in [-0.4, -0.2) is 9.78 Å². The van der Waals surface area contributed by atoms with Gasteiger partial charge in [0.2, 0.25) is 0 Å². The van der Waals surface area contributed by atoms with Crippen molar-refractivity contribution in [1.82, 2.24) is 9.78 Å². The Balaban J connectivity index is 0.000000340. The van der Waals surface area contributed by atoms with Crippen LogP contribution in [0.25, 0.3) is 5.32 Å². The number of benzene rings is 4. The first-order valence-electron chi connectivity index (χ1n) is 14.2. The van der Waals surface area contributed by atoms with Crippen LogP contribution in [0.1, 0.15) is 64.2 Å². The van der Waals surface area contributed by atoms with Gasteiger partial charge in [-0.15, -0.1) is 42.1 Å². The van der Waals surface area contributed by atoms with Gasteiger partial charge >= 0.3 is 26.2 Å². The number of nitrogens with zero attached hydrogens (tertiary/aromatic N) is 3. The summed E-state index contributed by atoms with van der Waals surface area (Å²) in [4.78, 5) is 0. The second-order valence-electron chi connectivity index (χ2n) is 11.1. The molecule has 4 heteroatoms. The van der Waals surface area contributed by atoms with Gasteiger partial charge in [-0.2, -0.15) is 79.0 Å². The fourth-order valence-electron chi connectivity index (χ4n) is 4.41. The summed E-state index contributed by atoms with van der Waals surface area (Å²) in [5.41, 5.74) is 11.2. The molecule has 5 rings (SSSR count). The van der Waals surface area contributed by atoms with Crippen LogP contribution in [0.5, 0.6) is 0 Å². The summed E-state index contributed by atoms with van der Waals surface area (Å²) in [6.07, 6.45) is 0. The van der Waals surface area contributed by atoms with E-state index in [1.54, 1.807) is 0 Å². The number of aromatic nitrogens is 2. The fourth-order valence-corrected chi connectivity index (χ4v) is 4.41. The third-order valence-corrected chi connectivity index (χ3v) is 6.77. The average Bonchev–Trinajstić information content (AvgIpc) is 3.21. The van der Waals surface area contributed by atoms with Crippen LogP contribution in [0.3, 0.4) is 0 Å². The maximum Gasteiger partial charge on any atom is 3.00 e. The van der Waals surface area contributed by atoms with Gasteiger partial charge in [-0.1, -0.05) is 66.4 Å². The molecule has 0 N–H and O–H groups in total. The van der Waals surface area contributed by atoms with Crippen LogP contribution in [-0.2, 0) is 38.8 Å². The molecule has 223 valence electrons. The minimum absolute atomic E-state index is 0. The van der Waals surface area contributed by atoms with E-state index in [2.05, 4.69) is 86.5 Å². The molecule has 1 heterocycles. The number of hydrogen-bond donors (Lipinski definition) is 0. The summed E-state index contributed by atoms with van der Waals surface area (Å²) >= 11 is 0. The van der Waals surface area contributed by atoms with E-state index in [1.807, 2.05) is 103 Å². The minimum atomic E-state index is -0.332. The zero-order chi connectivity index (χ0) is 31.3. The Morgan fingerprint density at radius 2 is 0.977 bits per heavy atom. The van der Waals surface area contributed by atoms with E-state index in [1.165, 1.54) is 27.9 Å². The summed E-state index contributed by atoms with van der Waals surface area (Å²) in [7, 11) is 1.99. The molecule has 0 saturated heterocycles. The maximum absolute atomic E-state index is 5.04. The van der Waals surface area contributed by atoms with Crippen molar-refractivity contribution >= 4 is 5.69 Å². The number of hydrogen-bond acceptors (Lipinski definition) is 1. The zero-order valence-corrected chi connectivity index (χ0v) is 29.7. The Kier molecular flexibility index (Phi) is 15.8.